The number of nitrogens with zero attached hydrogens (tertiary/aromatic N) is 5. The maximum Gasteiger partial charge on any atom is 0.247 e. The second-order valence-corrected chi connectivity index (χ2v) is 7.19. The van der Waals surface area contributed by atoms with Gasteiger partial charge in [0.05, 0.1) is 22.7 Å². The largest absolute Gasteiger partial charge is 0.508 e. The molecule has 8 heteroatoms. The highest BCUT2D eigenvalue weighted by atomic mass is 16.3. The van der Waals surface area contributed by atoms with E-state index in [1.54, 1.807) is 25.3 Å². The number of carbonyl (C=O) groups is 1. The molecule has 0 bridgehead atoms. The van der Waals surface area contributed by atoms with E-state index in [1.165, 1.54) is 17.3 Å². The van der Waals surface area contributed by atoms with E-state index in [2.05, 4.69) is 21.5 Å². The van der Waals surface area contributed by atoms with Crippen molar-refractivity contribution < 1.29 is 9.90 Å². The molecule has 2 aromatic carbocycles. The molecule has 0 saturated carbocycles. The maximum atomic E-state index is 11.0. The van der Waals surface area contributed by atoms with Gasteiger partial charge in [0.2, 0.25) is 5.91 Å². The minimum Gasteiger partial charge on any atom is -0.508 e. The van der Waals surface area contributed by atoms with E-state index < -0.39 is 0 Å². The van der Waals surface area contributed by atoms with Gasteiger partial charge in [0.15, 0.2) is 0 Å². The number of nitrogens with two attached hydrogens (primary N) is 1. The number of nitrogen functional groups attached to an aromatic ring is 1. The number of hydrogen-bond donors (Lipinski definition) is 2. The van der Waals surface area contributed by atoms with E-state index in [9.17, 15) is 9.90 Å². The summed E-state index contributed by atoms with van der Waals surface area (Å²) in [5.74, 6) is 0.421. The normalized spacial score (nSPS) is 11.2. The van der Waals surface area contributed by atoms with Crippen molar-refractivity contribution in [1.82, 2.24) is 19.9 Å². The van der Waals surface area contributed by atoms with Crippen LogP contribution in [0.15, 0.2) is 67.6 Å². The predicted molar refractivity (Wildman–Crippen MR) is 129 cm³/mol. The molecule has 2 heterocycles. The highest BCUT2D eigenvalue weighted by Gasteiger charge is 2.14. The zero-order chi connectivity index (χ0) is 24.0. The van der Waals surface area contributed by atoms with Crippen LogP contribution in [0.1, 0.15) is 13.8 Å². The Morgan fingerprint density at radius 2 is 2.00 bits per heavy atom. The number of aromatic hydroxyl groups is 1. The van der Waals surface area contributed by atoms with Gasteiger partial charge < -0.3 is 15.7 Å². The van der Waals surface area contributed by atoms with Crippen LogP contribution in [0.5, 0.6) is 5.75 Å². The lowest BCUT2D eigenvalue weighted by Crippen LogP contribution is -2.36. The second-order valence-electron chi connectivity index (χ2n) is 7.19. The summed E-state index contributed by atoms with van der Waals surface area (Å²) < 4.78 is 0. The minimum atomic E-state index is -0.370. The molecule has 1 atom stereocenters. The van der Waals surface area contributed by atoms with Crippen molar-refractivity contribution in [3.05, 3.63) is 67.6 Å². The van der Waals surface area contributed by atoms with Crippen molar-refractivity contribution in [3.8, 4) is 23.1 Å². The lowest BCUT2D eigenvalue weighted by atomic mass is 10.0. The number of amides is 1. The number of phenolic OH excluding ortho intramolecular Hbond substituents is 1. The third kappa shape index (κ3) is 5.05. The Labute approximate surface area is 191 Å². The first-order valence-corrected chi connectivity index (χ1v) is 10.3. The van der Waals surface area contributed by atoms with Gasteiger partial charge in [-0.1, -0.05) is 30.8 Å². The van der Waals surface area contributed by atoms with Crippen LogP contribution in [0.25, 0.3) is 32.9 Å². The van der Waals surface area contributed by atoms with Crippen LogP contribution in [0.3, 0.4) is 0 Å². The molecule has 0 radical (unpaired) electrons. The van der Waals surface area contributed by atoms with Crippen LogP contribution in [0.4, 0.5) is 5.82 Å². The lowest BCUT2D eigenvalue weighted by Gasteiger charge is -2.20. The van der Waals surface area contributed by atoms with Crippen LogP contribution >= 0.6 is 0 Å². The number of nitriles is 1. The Bertz CT molecular complexity index is 1360. The number of likely N-dealkylation sites (N-methyl/N-ethyl adjacent to an activating group) is 1. The first kappa shape index (κ1) is 23.2. The number of rotatable bonds is 4. The molecule has 2 aromatic heterocycles. The number of aromatic nitrogens is 3. The number of benzene rings is 2. The monoisotopic (exact) mass is 440 g/mol. The van der Waals surface area contributed by atoms with Gasteiger partial charge in [-0.05, 0) is 48.9 Å². The van der Waals surface area contributed by atoms with Gasteiger partial charge >= 0.3 is 0 Å². The highest BCUT2D eigenvalue weighted by molar-refractivity contribution is 5.99. The Morgan fingerprint density at radius 1 is 1.24 bits per heavy atom. The molecule has 0 spiro atoms. The molecule has 0 fully saturated rings. The van der Waals surface area contributed by atoms with E-state index in [-0.39, 0.29) is 17.7 Å². The number of hydrogen-bond acceptors (Lipinski definition) is 7. The summed E-state index contributed by atoms with van der Waals surface area (Å²) in [5, 5.41) is 21.2. The fourth-order valence-electron chi connectivity index (χ4n) is 3.43. The molecule has 0 aliphatic heterocycles. The standard InChI is InChI=1S/C17H12N4O.C8H12N2O/c18-17-14-8-19-15(7-16(14)20-9-21-17)13-6-11(22)5-10-3-1-2-4-12(10)13;1-4-8(11)10(5-2)7(3)6-9/h1-9,22H,(H2,18,20,21);4,7H,1,5H2,2-3H3. The van der Waals surface area contributed by atoms with Gasteiger partial charge in [0, 0.05) is 18.3 Å². The maximum absolute atomic E-state index is 11.0. The minimum absolute atomic E-state index is 0.193. The number of phenols is 1. The van der Waals surface area contributed by atoms with E-state index in [0.29, 0.717) is 12.4 Å². The molecule has 0 saturated heterocycles. The molecule has 0 aliphatic carbocycles. The molecule has 0 aliphatic rings. The molecular formula is C25H24N6O2. The molecule has 166 valence electrons. The van der Waals surface area contributed by atoms with Crippen LogP contribution < -0.4 is 5.73 Å². The van der Waals surface area contributed by atoms with Crippen molar-refractivity contribution in [2.45, 2.75) is 19.9 Å². The molecule has 4 aromatic rings. The third-order valence-electron chi connectivity index (χ3n) is 5.13. The van der Waals surface area contributed by atoms with Crippen molar-refractivity contribution >= 4 is 33.4 Å². The van der Waals surface area contributed by atoms with Crippen LogP contribution in [0.2, 0.25) is 0 Å². The molecule has 1 unspecified atom stereocenters. The summed E-state index contributed by atoms with van der Waals surface area (Å²) in [7, 11) is 0. The number of anilines is 1. The molecular weight excluding hydrogens is 416 g/mol. The quantitative estimate of drug-likeness (QED) is 0.458. The van der Waals surface area contributed by atoms with E-state index in [4.69, 9.17) is 11.0 Å². The smallest absolute Gasteiger partial charge is 0.247 e. The fraction of sp³-hybridized carbons (Fsp3) is 0.160. The average molecular weight is 441 g/mol. The fourth-order valence-corrected chi connectivity index (χ4v) is 3.43. The molecule has 33 heavy (non-hydrogen) atoms. The Kier molecular flexibility index (Phi) is 7.16. The number of pyridine rings is 1. The van der Waals surface area contributed by atoms with E-state index >= 15 is 0 Å². The predicted octanol–water partition coefficient (Wildman–Crippen LogP) is 4.07. The van der Waals surface area contributed by atoms with Crippen LogP contribution in [-0.2, 0) is 4.79 Å². The summed E-state index contributed by atoms with van der Waals surface area (Å²) in [6, 6.07) is 14.8. The van der Waals surface area contributed by atoms with Crippen molar-refractivity contribution in [1.29, 1.82) is 5.26 Å². The van der Waals surface area contributed by atoms with Crippen molar-refractivity contribution in [2.24, 2.45) is 0 Å². The van der Waals surface area contributed by atoms with Gasteiger partial charge in [0.25, 0.3) is 0 Å². The highest BCUT2D eigenvalue weighted by Crippen LogP contribution is 2.32. The van der Waals surface area contributed by atoms with E-state index in [1.807, 2.05) is 43.3 Å². The SMILES string of the molecule is C=CC(=O)N(CC)C(C)C#N.Nc1ncnc2cc(-c3cc(O)cc4ccccc34)ncc12. The van der Waals surface area contributed by atoms with Gasteiger partial charge in [-0.15, -0.1) is 0 Å². The third-order valence-corrected chi connectivity index (χ3v) is 5.13. The Balaban J connectivity index is 0.000000239. The summed E-state index contributed by atoms with van der Waals surface area (Å²) in [4.78, 5) is 25.1. The number of fused-ring (bicyclic) bond motifs is 2. The van der Waals surface area contributed by atoms with Crippen LogP contribution in [-0.4, -0.2) is 43.5 Å². The zero-order valence-electron chi connectivity index (χ0n) is 18.4. The summed E-state index contributed by atoms with van der Waals surface area (Å²) in [6.07, 6.45) is 4.32. The Hall–Kier alpha value is -4.51. The van der Waals surface area contributed by atoms with Crippen molar-refractivity contribution in [3.63, 3.8) is 0 Å². The van der Waals surface area contributed by atoms with Crippen molar-refractivity contribution in [2.75, 3.05) is 12.3 Å². The molecule has 4 rings (SSSR count). The van der Waals surface area contributed by atoms with Gasteiger partial charge in [-0.3, -0.25) is 9.78 Å². The molecule has 8 nitrogen and oxygen atoms in total. The van der Waals surface area contributed by atoms with Crippen LogP contribution in [0, 0.1) is 11.3 Å². The van der Waals surface area contributed by atoms with Gasteiger partial charge in [0.1, 0.15) is 23.9 Å². The topological polar surface area (TPSA) is 129 Å². The first-order valence-electron chi connectivity index (χ1n) is 10.3. The zero-order valence-corrected chi connectivity index (χ0v) is 18.4. The second kappa shape index (κ2) is 10.2. The van der Waals surface area contributed by atoms with Gasteiger partial charge in [-0.2, -0.15) is 5.26 Å². The summed E-state index contributed by atoms with van der Waals surface area (Å²) in [6.45, 7) is 7.40. The van der Waals surface area contributed by atoms with E-state index in [0.717, 1.165) is 32.9 Å². The average Bonchev–Trinajstić information content (AvgIpc) is 2.84. The molecule has 1 amide bonds. The Morgan fingerprint density at radius 3 is 2.70 bits per heavy atom. The summed E-state index contributed by atoms with van der Waals surface area (Å²) in [5.41, 5.74) is 8.15. The molecule has 3 N–H and O–H groups in total. The number of carbonyl (C=O) groups excluding carboxylic acids is 1. The van der Waals surface area contributed by atoms with Gasteiger partial charge in [-0.25, -0.2) is 9.97 Å². The lowest BCUT2D eigenvalue weighted by molar-refractivity contribution is -0.126. The first-order chi connectivity index (χ1) is 15.9. The summed E-state index contributed by atoms with van der Waals surface area (Å²) >= 11 is 0.